The summed E-state index contributed by atoms with van der Waals surface area (Å²) in [6, 6.07) is 11.4. The van der Waals surface area contributed by atoms with E-state index in [9.17, 15) is 9.59 Å². The molecule has 23 heavy (non-hydrogen) atoms. The molecule has 124 valence electrons. The highest BCUT2D eigenvalue weighted by atomic mass is 35.5. The predicted molar refractivity (Wildman–Crippen MR) is 91.7 cm³/mol. The fourth-order valence-electron chi connectivity index (χ4n) is 2.21. The van der Waals surface area contributed by atoms with Gasteiger partial charge in [-0.3, -0.25) is 9.59 Å². The van der Waals surface area contributed by atoms with E-state index in [0.29, 0.717) is 30.9 Å². The normalized spacial score (nSPS) is 9.96. The predicted octanol–water partition coefficient (Wildman–Crippen LogP) is 1.18. The lowest BCUT2D eigenvalue weighted by atomic mass is 10.1. The Bertz CT molecular complexity index is 643. The topological polar surface area (TPSA) is 105 Å². The molecule has 0 radical (unpaired) electrons. The third-order valence-corrected chi connectivity index (χ3v) is 3.40. The van der Waals surface area contributed by atoms with Gasteiger partial charge in [-0.2, -0.15) is 0 Å². The molecule has 0 bridgehead atoms. The zero-order chi connectivity index (χ0) is 15.9. The fourth-order valence-corrected chi connectivity index (χ4v) is 2.21. The van der Waals surface area contributed by atoms with Gasteiger partial charge in [0, 0.05) is 25.8 Å². The smallest absolute Gasteiger partial charge is 0.270 e. The number of benzene rings is 1. The van der Waals surface area contributed by atoms with E-state index < -0.39 is 5.91 Å². The van der Waals surface area contributed by atoms with Crippen molar-refractivity contribution in [1.82, 2.24) is 9.88 Å². The van der Waals surface area contributed by atoms with Crippen molar-refractivity contribution in [3.05, 3.63) is 59.4 Å². The second-order valence-electron chi connectivity index (χ2n) is 4.98. The molecule has 1 aromatic heterocycles. The number of carbonyl (C=O) groups is 2. The highest BCUT2D eigenvalue weighted by Gasteiger charge is 2.17. The highest BCUT2D eigenvalue weighted by Crippen LogP contribution is 2.08. The van der Waals surface area contributed by atoms with Crippen LogP contribution in [0.15, 0.2) is 42.6 Å². The Labute approximate surface area is 141 Å². The maximum absolute atomic E-state index is 12.5. The summed E-state index contributed by atoms with van der Waals surface area (Å²) in [4.78, 5) is 28.0. The molecule has 2 aromatic rings. The largest absolute Gasteiger partial charge is 0.366 e. The van der Waals surface area contributed by atoms with Crippen LogP contribution in [0.3, 0.4) is 0 Å². The molecule has 7 heteroatoms. The maximum Gasteiger partial charge on any atom is 0.270 e. The molecular formula is C16H21ClN4O2. The van der Waals surface area contributed by atoms with E-state index in [1.165, 1.54) is 12.3 Å². The SMILES string of the molecule is Cl.NCCN(CCc1ccccc1)C(=O)c1cc(C(N)=O)c[nH]1. The summed E-state index contributed by atoms with van der Waals surface area (Å²) >= 11 is 0. The van der Waals surface area contributed by atoms with Crippen molar-refractivity contribution in [2.45, 2.75) is 6.42 Å². The Hall–Kier alpha value is -2.31. The number of hydrogen-bond donors (Lipinski definition) is 3. The Morgan fingerprint density at radius 3 is 2.39 bits per heavy atom. The lowest BCUT2D eigenvalue weighted by Crippen LogP contribution is -2.37. The third kappa shape index (κ3) is 5.12. The molecular weight excluding hydrogens is 316 g/mol. The molecule has 1 heterocycles. The molecule has 0 spiro atoms. The summed E-state index contributed by atoms with van der Waals surface area (Å²) in [6.07, 6.45) is 2.18. The lowest BCUT2D eigenvalue weighted by molar-refractivity contribution is 0.0757. The third-order valence-electron chi connectivity index (χ3n) is 3.40. The number of nitrogens with two attached hydrogens (primary N) is 2. The Kier molecular flexibility index (Phi) is 7.31. The molecule has 0 atom stereocenters. The van der Waals surface area contributed by atoms with E-state index in [1.807, 2.05) is 30.3 Å². The number of carbonyl (C=O) groups excluding carboxylic acids is 2. The van der Waals surface area contributed by atoms with Crippen LogP contribution in [0.2, 0.25) is 0 Å². The molecule has 1 aromatic carbocycles. The van der Waals surface area contributed by atoms with Gasteiger partial charge in [-0.25, -0.2) is 0 Å². The van der Waals surface area contributed by atoms with Crippen LogP contribution >= 0.6 is 12.4 Å². The molecule has 6 nitrogen and oxygen atoms in total. The molecule has 0 aliphatic heterocycles. The highest BCUT2D eigenvalue weighted by molar-refractivity contribution is 5.98. The first-order valence-corrected chi connectivity index (χ1v) is 7.13. The number of aromatic amines is 1. The van der Waals surface area contributed by atoms with Crippen molar-refractivity contribution in [3.8, 4) is 0 Å². The minimum absolute atomic E-state index is 0. The van der Waals surface area contributed by atoms with Gasteiger partial charge in [0.15, 0.2) is 0 Å². The van der Waals surface area contributed by atoms with Gasteiger partial charge in [0.25, 0.3) is 5.91 Å². The first-order valence-electron chi connectivity index (χ1n) is 7.13. The van der Waals surface area contributed by atoms with Gasteiger partial charge in [-0.1, -0.05) is 30.3 Å². The molecule has 0 saturated carbocycles. The molecule has 2 rings (SSSR count). The summed E-state index contributed by atoms with van der Waals surface area (Å²) in [5.74, 6) is -0.751. The number of amides is 2. The minimum atomic E-state index is -0.565. The Morgan fingerprint density at radius 1 is 1.13 bits per heavy atom. The van der Waals surface area contributed by atoms with Gasteiger partial charge in [0.05, 0.1) is 5.56 Å². The van der Waals surface area contributed by atoms with Gasteiger partial charge >= 0.3 is 0 Å². The van der Waals surface area contributed by atoms with Crippen LogP contribution in [0.25, 0.3) is 0 Å². The zero-order valence-electron chi connectivity index (χ0n) is 12.7. The van der Waals surface area contributed by atoms with E-state index in [2.05, 4.69) is 4.98 Å². The quantitative estimate of drug-likeness (QED) is 0.706. The van der Waals surface area contributed by atoms with E-state index in [1.54, 1.807) is 4.90 Å². The number of nitrogens with zero attached hydrogens (tertiary/aromatic N) is 1. The Morgan fingerprint density at radius 2 is 1.83 bits per heavy atom. The van der Waals surface area contributed by atoms with Gasteiger partial charge in [-0.05, 0) is 18.1 Å². The van der Waals surface area contributed by atoms with Crippen LogP contribution in [-0.2, 0) is 6.42 Å². The van der Waals surface area contributed by atoms with Gasteiger partial charge in [-0.15, -0.1) is 12.4 Å². The second kappa shape index (κ2) is 8.97. The maximum atomic E-state index is 12.5. The fraction of sp³-hybridized carbons (Fsp3) is 0.250. The molecule has 0 aliphatic rings. The van der Waals surface area contributed by atoms with Crippen molar-refractivity contribution < 1.29 is 9.59 Å². The van der Waals surface area contributed by atoms with Crippen LogP contribution in [-0.4, -0.2) is 41.3 Å². The number of aromatic nitrogens is 1. The van der Waals surface area contributed by atoms with Crippen molar-refractivity contribution in [1.29, 1.82) is 0 Å². The number of primary amides is 1. The van der Waals surface area contributed by atoms with Crippen LogP contribution in [0.4, 0.5) is 0 Å². The first kappa shape index (κ1) is 18.7. The molecule has 2 amide bonds. The standard InChI is InChI=1S/C16H20N4O2.ClH/c17-7-9-20(8-6-12-4-2-1-3-5-12)16(22)14-10-13(11-19-14)15(18)21;/h1-5,10-11,19H,6-9,17H2,(H2,18,21);1H. The van der Waals surface area contributed by atoms with E-state index in [4.69, 9.17) is 11.5 Å². The van der Waals surface area contributed by atoms with E-state index >= 15 is 0 Å². The minimum Gasteiger partial charge on any atom is -0.366 e. The second-order valence-corrected chi connectivity index (χ2v) is 4.98. The molecule has 5 N–H and O–H groups in total. The van der Waals surface area contributed by atoms with Gasteiger partial charge < -0.3 is 21.4 Å². The average Bonchev–Trinajstić information content (AvgIpc) is 3.02. The van der Waals surface area contributed by atoms with Crippen molar-refractivity contribution in [2.75, 3.05) is 19.6 Å². The summed E-state index contributed by atoms with van der Waals surface area (Å²) in [7, 11) is 0. The van der Waals surface area contributed by atoms with Crippen LogP contribution in [0.1, 0.15) is 26.4 Å². The summed E-state index contributed by atoms with van der Waals surface area (Å²) in [5, 5.41) is 0. The van der Waals surface area contributed by atoms with Crippen LogP contribution < -0.4 is 11.5 Å². The van der Waals surface area contributed by atoms with Crippen molar-refractivity contribution in [2.24, 2.45) is 11.5 Å². The molecule has 0 unspecified atom stereocenters. The first-order chi connectivity index (χ1) is 10.6. The summed E-state index contributed by atoms with van der Waals surface area (Å²) in [6.45, 7) is 1.39. The average molecular weight is 337 g/mol. The monoisotopic (exact) mass is 336 g/mol. The van der Waals surface area contributed by atoms with Crippen LogP contribution in [0, 0.1) is 0 Å². The number of nitrogens with one attached hydrogen (secondary N) is 1. The number of halogens is 1. The van der Waals surface area contributed by atoms with Gasteiger partial charge in [0.1, 0.15) is 5.69 Å². The molecule has 0 fully saturated rings. The lowest BCUT2D eigenvalue weighted by Gasteiger charge is -2.21. The van der Waals surface area contributed by atoms with Crippen molar-refractivity contribution >= 4 is 24.2 Å². The van der Waals surface area contributed by atoms with E-state index in [-0.39, 0.29) is 18.3 Å². The zero-order valence-corrected chi connectivity index (χ0v) is 13.5. The van der Waals surface area contributed by atoms with E-state index in [0.717, 1.165) is 12.0 Å². The van der Waals surface area contributed by atoms with Crippen LogP contribution in [0.5, 0.6) is 0 Å². The van der Waals surface area contributed by atoms with Crippen molar-refractivity contribution in [3.63, 3.8) is 0 Å². The molecule has 0 aliphatic carbocycles. The molecule has 0 saturated heterocycles. The summed E-state index contributed by atoms with van der Waals surface area (Å²) in [5.41, 5.74) is 12.6. The summed E-state index contributed by atoms with van der Waals surface area (Å²) < 4.78 is 0. The number of H-pyrrole nitrogens is 1. The number of rotatable bonds is 7. The van der Waals surface area contributed by atoms with Gasteiger partial charge in [0.2, 0.25) is 5.91 Å². The Balaban J connectivity index is 0.00000264. The number of hydrogen-bond acceptors (Lipinski definition) is 3.